The summed E-state index contributed by atoms with van der Waals surface area (Å²) >= 11 is 0. The van der Waals surface area contributed by atoms with Crippen LogP contribution in [0.3, 0.4) is 0 Å². The van der Waals surface area contributed by atoms with Gasteiger partial charge in [-0.05, 0) is 31.1 Å². The van der Waals surface area contributed by atoms with Crippen molar-refractivity contribution in [2.24, 2.45) is 11.8 Å². The third-order valence-corrected chi connectivity index (χ3v) is 3.19. The molecular formula is C13H24. The molecule has 0 fully saturated rings. The van der Waals surface area contributed by atoms with Gasteiger partial charge in [-0.1, -0.05) is 51.7 Å². The van der Waals surface area contributed by atoms with Crippen molar-refractivity contribution in [3.63, 3.8) is 0 Å². The lowest BCUT2D eigenvalue weighted by Crippen LogP contribution is -1.96. The summed E-state index contributed by atoms with van der Waals surface area (Å²) in [5.74, 6) is 1.73. The first kappa shape index (κ1) is 10.8. The quantitative estimate of drug-likeness (QED) is 0.519. The first-order valence-electron chi connectivity index (χ1n) is 5.92. The molecular weight excluding hydrogens is 156 g/mol. The van der Waals surface area contributed by atoms with Crippen molar-refractivity contribution >= 4 is 0 Å². The molecule has 0 aromatic rings. The van der Waals surface area contributed by atoms with Gasteiger partial charge >= 0.3 is 0 Å². The smallest absolute Gasteiger partial charge is 0.0259 e. The van der Waals surface area contributed by atoms with Crippen LogP contribution in [0.5, 0.6) is 0 Å². The average Bonchev–Trinajstić information content (AvgIpc) is 2.17. The van der Waals surface area contributed by atoms with E-state index in [0.717, 1.165) is 11.8 Å². The predicted octanol–water partition coefficient (Wildman–Crippen LogP) is 4.56. The first-order valence-corrected chi connectivity index (χ1v) is 5.92. The fraction of sp³-hybridized carbons (Fsp3) is 0.846. The summed E-state index contributed by atoms with van der Waals surface area (Å²) in [5.41, 5.74) is 1.70. The van der Waals surface area contributed by atoms with E-state index >= 15 is 0 Å². The number of hydrogen-bond donors (Lipinski definition) is 0. The zero-order chi connectivity index (χ0) is 9.68. The molecule has 0 aromatic heterocycles. The van der Waals surface area contributed by atoms with Gasteiger partial charge in [-0.15, -0.1) is 0 Å². The Kier molecular flexibility index (Phi) is 4.55. The standard InChI is InChI=1S/C13H24/c1-4-13-9-11(2)7-5-6-8-12(3)10-13/h9,11-12H,4-8,10H2,1-3H3. The van der Waals surface area contributed by atoms with Crippen LogP contribution >= 0.6 is 0 Å². The third kappa shape index (κ3) is 3.97. The van der Waals surface area contributed by atoms with Gasteiger partial charge < -0.3 is 0 Å². The van der Waals surface area contributed by atoms with Crippen LogP contribution in [0.1, 0.15) is 59.3 Å². The summed E-state index contributed by atoms with van der Waals surface area (Å²) in [4.78, 5) is 0. The molecule has 0 heterocycles. The summed E-state index contributed by atoms with van der Waals surface area (Å²) in [5, 5.41) is 0. The second-order valence-corrected chi connectivity index (χ2v) is 4.75. The largest absolute Gasteiger partial charge is 0.0825 e. The Hall–Kier alpha value is -0.260. The number of hydrogen-bond acceptors (Lipinski definition) is 0. The Bertz CT molecular complexity index is 167. The molecule has 0 nitrogen and oxygen atoms in total. The van der Waals surface area contributed by atoms with E-state index in [0.29, 0.717) is 0 Å². The van der Waals surface area contributed by atoms with E-state index in [4.69, 9.17) is 0 Å². The van der Waals surface area contributed by atoms with Gasteiger partial charge in [0.25, 0.3) is 0 Å². The fourth-order valence-corrected chi connectivity index (χ4v) is 2.32. The molecule has 1 rings (SSSR count). The van der Waals surface area contributed by atoms with Crippen molar-refractivity contribution in [1.82, 2.24) is 0 Å². The first-order chi connectivity index (χ1) is 6.22. The van der Waals surface area contributed by atoms with Crippen molar-refractivity contribution in [3.8, 4) is 0 Å². The average molecular weight is 180 g/mol. The predicted molar refractivity (Wildman–Crippen MR) is 59.8 cm³/mol. The van der Waals surface area contributed by atoms with Crippen LogP contribution in [0.2, 0.25) is 0 Å². The van der Waals surface area contributed by atoms with Crippen molar-refractivity contribution in [3.05, 3.63) is 11.6 Å². The topological polar surface area (TPSA) is 0 Å². The Balaban J connectivity index is 2.59. The molecule has 0 radical (unpaired) electrons. The fourth-order valence-electron chi connectivity index (χ4n) is 2.32. The molecule has 0 bridgehead atoms. The molecule has 0 N–H and O–H groups in total. The highest BCUT2D eigenvalue weighted by molar-refractivity contribution is 5.04. The minimum absolute atomic E-state index is 0.820. The molecule has 0 heteroatoms. The van der Waals surface area contributed by atoms with Crippen molar-refractivity contribution in [2.75, 3.05) is 0 Å². The van der Waals surface area contributed by atoms with Gasteiger partial charge in [0.15, 0.2) is 0 Å². The third-order valence-electron chi connectivity index (χ3n) is 3.19. The van der Waals surface area contributed by atoms with E-state index in [1.807, 2.05) is 0 Å². The van der Waals surface area contributed by atoms with Crippen LogP contribution in [0.4, 0.5) is 0 Å². The molecule has 0 spiro atoms. The van der Waals surface area contributed by atoms with Crippen LogP contribution in [0.15, 0.2) is 11.6 Å². The molecule has 1 aliphatic carbocycles. The van der Waals surface area contributed by atoms with Gasteiger partial charge in [0, 0.05) is 0 Å². The molecule has 0 saturated heterocycles. The van der Waals surface area contributed by atoms with Crippen LogP contribution in [-0.4, -0.2) is 0 Å². The van der Waals surface area contributed by atoms with Crippen LogP contribution in [0, 0.1) is 11.8 Å². The zero-order valence-electron chi connectivity index (χ0n) is 9.47. The molecule has 2 unspecified atom stereocenters. The number of rotatable bonds is 1. The number of allylic oxidation sites excluding steroid dienone is 2. The highest BCUT2D eigenvalue weighted by Gasteiger charge is 2.09. The monoisotopic (exact) mass is 180 g/mol. The van der Waals surface area contributed by atoms with E-state index in [1.54, 1.807) is 5.57 Å². The molecule has 0 amide bonds. The maximum absolute atomic E-state index is 2.53. The van der Waals surface area contributed by atoms with Gasteiger partial charge in [0.2, 0.25) is 0 Å². The molecule has 0 saturated carbocycles. The maximum Gasteiger partial charge on any atom is -0.0259 e. The van der Waals surface area contributed by atoms with Gasteiger partial charge in [-0.25, -0.2) is 0 Å². The summed E-state index contributed by atoms with van der Waals surface area (Å²) < 4.78 is 0. The maximum atomic E-state index is 2.53. The normalized spacial score (nSPS) is 31.5. The van der Waals surface area contributed by atoms with Gasteiger partial charge in [0.1, 0.15) is 0 Å². The molecule has 1 aliphatic rings. The van der Waals surface area contributed by atoms with Gasteiger partial charge in [-0.3, -0.25) is 0 Å². The van der Waals surface area contributed by atoms with E-state index in [9.17, 15) is 0 Å². The van der Waals surface area contributed by atoms with E-state index in [-0.39, 0.29) is 0 Å². The Morgan fingerprint density at radius 2 is 1.92 bits per heavy atom. The molecule has 2 atom stereocenters. The summed E-state index contributed by atoms with van der Waals surface area (Å²) in [6.45, 7) is 7.06. The Morgan fingerprint density at radius 1 is 1.23 bits per heavy atom. The Labute approximate surface area is 83.4 Å². The summed E-state index contributed by atoms with van der Waals surface area (Å²) in [6, 6.07) is 0. The molecule has 13 heavy (non-hydrogen) atoms. The highest BCUT2D eigenvalue weighted by atomic mass is 14.2. The van der Waals surface area contributed by atoms with Crippen LogP contribution < -0.4 is 0 Å². The minimum atomic E-state index is 0.820. The zero-order valence-corrected chi connectivity index (χ0v) is 9.47. The van der Waals surface area contributed by atoms with Gasteiger partial charge in [-0.2, -0.15) is 0 Å². The molecule has 76 valence electrons. The van der Waals surface area contributed by atoms with E-state index in [1.165, 1.54) is 38.5 Å². The second kappa shape index (κ2) is 5.47. The van der Waals surface area contributed by atoms with Crippen LogP contribution in [-0.2, 0) is 0 Å². The summed E-state index contributed by atoms with van der Waals surface area (Å²) in [7, 11) is 0. The highest BCUT2D eigenvalue weighted by Crippen LogP contribution is 2.25. The lowest BCUT2D eigenvalue weighted by Gasteiger charge is -2.11. The van der Waals surface area contributed by atoms with Gasteiger partial charge in [0.05, 0.1) is 0 Å². The molecule has 0 aromatic carbocycles. The minimum Gasteiger partial charge on any atom is -0.0825 e. The lowest BCUT2D eigenvalue weighted by molar-refractivity contribution is 0.483. The molecule has 0 aliphatic heterocycles. The SMILES string of the molecule is CCC1=CC(C)CCCCC(C)C1. The van der Waals surface area contributed by atoms with E-state index < -0.39 is 0 Å². The van der Waals surface area contributed by atoms with Crippen molar-refractivity contribution < 1.29 is 0 Å². The Morgan fingerprint density at radius 3 is 2.62 bits per heavy atom. The van der Waals surface area contributed by atoms with Crippen molar-refractivity contribution in [1.29, 1.82) is 0 Å². The second-order valence-electron chi connectivity index (χ2n) is 4.75. The summed E-state index contributed by atoms with van der Waals surface area (Å²) in [6.07, 6.45) is 10.8. The van der Waals surface area contributed by atoms with Crippen molar-refractivity contribution in [2.45, 2.75) is 59.3 Å². The van der Waals surface area contributed by atoms with E-state index in [2.05, 4.69) is 26.8 Å². The van der Waals surface area contributed by atoms with Crippen LogP contribution in [0.25, 0.3) is 0 Å². The lowest BCUT2D eigenvalue weighted by atomic mass is 9.95.